The van der Waals surface area contributed by atoms with Crippen LogP contribution < -0.4 is 5.56 Å². The van der Waals surface area contributed by atoms with Crippen molar-refractivity contribution in [2.75, 3.05) is 13.1 Å². The Bertz CT molecular complexity index is 997. The minimum Gasteiger partial charge on any atom is -0.337 e. The molecule has 1 aliphatic heterocycles. The summed E-state index contributed by atoms with van der Waals surface area (Å²) in [6.45, 7) is 1.16. The minimum absolute atomic E-state index is 0.179. The van der Waals surface area contributed by atoms with Gasteiger partial charge in [0.05, 0.1) is 5.39 Å². The third kappa shape index (κ3) is 2.80. The van der Waals surface area contributed by atoms with Crippen LogP contribution >= 0.6 is 0 Å². The van der Waals surface area contributed by atoms with E-state index in [9.17, 15) is 14.0 Å². The summed E-state index contributed by atoms with van der Waals surface area (Å²) in [5.41, 5.74) is 0.976. The van der Waals surface area contributed by atoms with Crippen LogP contribution in [0, 0.1) is 5.82 Å². The Morgan fingerprint density at radius 3 is 2.60 bits per heavy atom. The van der Waals surface area contributed by atoms with Crippen molar-refractivity contribution in [1.29, 1.82) is 0 Å². The molecule has 2 aromatic carbocycles. The van der Waals surface area contributed by atoms with Gasteiger partial charge in [-0.25, -0.2) is 9.49 Å². The number of carbonyl (C=O) groups is 1. The lowest BCUT2D eigenvalue weighted by Gasteiger charge is -2.17. The number of benzene rings is 2. The first-order valence-electron chi connectivity index (χ1n) is 8.15. The van der Waals surface area contributed by atoms with Crippen molar-refractivity contribution < 1.29 is 9.18 Å². The fourth-order valence-electron chi connectivity index (χ4n) is 3.38. The van der Waals surface area contributed by atoms with E-state index in [4.69, 9.17) is 0 Å². The van der Waals surface area contributed by atoms with Crippen LogP contribution in [-0.4, -0.2) is 34.1 Å². The van der Waals surface area contributed by atoms with Gasteiger partial charge in [-0.3, -0.25) is 9.59 Å². The van der Waals surface area contributed by atoms with E-state index in [0.29, 0.717) is 23.9 Å². The summed E-state index contributed by atoms with van der Waals surface area (Å²) in [5, 5.41) is 7.39. The maximum atomic E-state index is 13.1. The van der Waals surface area contributed by atoms with Gasteiger partial charge < -0.3 is 4.90 Å². The summed E-state index contributed by atoms with van der Waals surface area (Å²) in [7, 11) is 0. The monoisotopic (exact) mass is 337 g/mol. The minimum atomic E-state index is -0.308. The summed E-state index contributed by atoms with van der Waals surface area (Å²) in [4.78, 5) is 26.5. The number of hydrogen-bond donors (Lipinski definition) is 1. The first-order valence-corrected chi connectivity index (χ1v) is 8.15. The largest absolute Gasteiger partial charge is 0.337 e. The Hall–Kier alpha value is -3.02. The van der Waals surface area contributed by atoms with Crippen LogP contribution in [0.1, 0.15) is 28.4 Å². The molecule has 25 heavy (non-hydrogen) atoms. The maximum absolute atomic E-state index is 13.1. The van der Waals surface area contributed by atoms with E-state index in [0.717, 1.165) is 12.0 Å². The van der Waals surface area contributed by atoms with Crippen molar-refractivity contribution in [3.63, 3.8) is 0 Å². The molecule has 1 N–H and O–H groups in total. The topological polar surface area (TPSA) is 66.1 Å². The highest BCUT2D eigenvalue weighted by molar-refractivity contribution is 6.04. The number of fused-ring (bicyclic) bond motifs is 1. The van der Waals surface area contributed by atoms with Crippen molar-refractivity contribution in [3.8, 4) is 0 Å². The predicted octanol–water partition coefficient (Wildman–Crippen LogP) is 2.69. The van der Waals surface area contributed by atoms with Crippen molar-refractivity contribution in [3.05, 3.63) is 76.0 Å². The number of aromatic amines is 1. The second-order valence-electron chi connectivity index (χ2n) is 6.24. The fraction of sp³-hybridized carbons (Fsp3) is 0.211. The molecular weight excluding hydrogens is 321 g/mol. The number of hydrogen-bond acceptors (Lipinski definition) is 3. The number of nitrogens with zero attached hydrogens (tertiary/aromatic N) is 2. The molecular formula is C19H16FN3O2. The second-order valence-corrected chi connectivity index (χ2v) is 6.24. The Morgan fingerprint density at radius 1 is 1.12 bits per heavy atom. The molecule has 0 bridgehead atoms. The second kappa shape index (κ2) is 6.12. The van der Waals surface area contributed by atoms with Crippen LogP contribution in [0.2, 0.25) is 0 Å². The van der Waals surface area contributed by atoms with E-state index < -0.39 is 0 Å². The van der Waals surface area contributed by atoms with Gasteiger partial charge in [-0.15, -0.1) is 0 Å². The van der Waals surface area contributed by atoms with E-state index in [1.54, 1.807) is 41.3 Å². The molecule has 1 atom stereocenters. The molecule has 1 aromatic heterocycles. The lowest BCUT2D eigenvalue weighted by atomic mass is 9.99. The van der Waals surface area contributed by atoms with Gasteiger partial charge in [0.15, 0.2) is 5.69 Å². The van der Waals surface area contributed by atoms with Crippen molar-refractivity contribution in [2.24, 2.45) is 0 Å². The number of carbonyl (C=O) groups excluding carboxylic acids is 1. The number of aromatic nitrogens is 2. The van der Waals surface area contributed by atoms with Crippen LogP contribution in [-0.2, 0) is 0 Å². The molecule has 1 fully saturated rings. The van der Waals surface area contributed by atoms with Gasteiger partial charge in [0.25, 0.3) is 11.5 Å². The normalized spacial score (nSPS) is 17.2. The average Bonchev–Trinajstić information content (AvgIpc) is 3.12. The van der Waals surface area contributed by atoms with E-state index in [2.05, 4.69) is 10.2 Å². The molecule has 2 heterocycles. The van der Waals surface area contributed by atoms with Crippen LogP contribution in [0.4, 0.5) is 4.39 Å². The maximum Gasteiger partial charge on any atom is 0.274 e. The molecule has 0 aliphatic carbocycles. The number of halogens is 1. The van der Waals surface area contributed by atoms with Gasteiger partial charge in [-0.1, -0.05) is 30.3 Å². The summed E-state index contributed by atoms with van der Waals surface area (Å²) in [5.74, 6) is -0.283. The lowest BCUT2D eigenvalue weighted by molar-refractivity contribution is 0.0786. The smallest absolute Gasteiger partial charge is 0.274 e. The third-order valence-corrected chi connectivity index (χ3v) is 4.72. The van der Waals surface area contributed by atoms with Gasteiger partial charge in [0.1, 0.15) is 5.82 Å². The number of amides is 1. The van der Waals surface area contributed by atoms with Crippen molar-refractivity contribution >= 4 is 16.7 Å². The third-order valence-electron chi connectivity index (χ3n) is 4.72. The summed E-state index contributed by atoms with van der Waals surface area (Å²) in [6, 6.07) is 13.4. The zero-order valence-electron chi connectivity index (χ0n) is 13.4. The molecule has 0 radical (unpaired) electrons. The van der Waals surface area contributed by atoms with Crippen molar-refractivity contribution in [2.45, 2.75) is 12.3 Å². The highest BCUT2D eigenvalue weighted by Crippen LogP contribution is 2.28. The van der Waals surface area contributed by atoms with Crippen LogP contribution in [0.15, 0.2) is 53.3 Å². The molecule has 1 aliphatic rings. The van der Waals surface area contributed by atoms with Crippen LogP contribution in [0.5, 0.6) is 0 Å². The number of nitrogens with one attached hydrogen (secondary N) is 1. The quantitative estimate of drug-likeness (QED) is 0.782. The van der Waals surface area contributed by atoms with Crippen molar-refractivity contribution in [1.82, 2.24) is 15.1 Å². The SMILES string of the molecule is O=C(c1n[nH]c(=O)c2ccccc12)N1CCC(c2ccc(F)cc2)C1. The molecule has 6 heteroatoms. The van der Waals surface area contributed by atoms with E-state index >= 15 is 0 Å². The molecule has 1 saturated heterocycles. The summed E-state index contributed by atoms with van der Waals surface area (Å²) < 4.78 is 13.1. The molecule has 5 nitrogen and oxygen atoms in total. The van der Waals surface area contributed by atoms with Crippen LogP contribution in [0.25, 0.3) is 10.8 Å². The molecule has 4 rings (SSSR count). The van der Waals surface area contributed by atoms with E-state index in [-0.39, 0.29) is 28.9 Å². The van der Waals surface area contributed by atoms with E-state index in [1.165, 1.54) is 12.1 Å². The first kappa shape index (κ1) is 15.5. The number of likely N-dealkylation sites (tertiary alicyclic amines) is 1. The van der Waals surface area contributed by atoms with Gasteiger partial charge in [-0.05, 0) is 30.2 Å². The average molecular weight is 337 g/mol. The Morgan fingerprint density at radius 2 is 1.84 bits per heavy atom. The zero-order chi connectivity index (χ0) is 17.4. The molecule has 0 spiro atoms. The molecule has 3 aromatic rings. The number of rotatable bonds is 2. The Kier molecular flexibility index (Phi) is 3.80. The van der Waals surface area contributed by atoms with Crippen LogP contribution in [0.3, 0.4) is 0 Å². The van der Waals surface area contributed by atoms with Gasteiger partial charge in [0, 0.05) is 24.4 Å². The summed E-state index contributed by atoms with van der Waals surface area (Å²) >= 11 is 0. The lowest BCUT2D eigenvalue weighted by Crippen LogP contribution is -2.30. The van der Waals surface area contributed by atoms with Gasteiger partial charge >= 0.3 is 0 Å². The highest BCUT2D eigenvalue weighted by Gasteiger charge is 2.29. The molecule has 1 unspecified atom stereocenters. The van der Waals surface area contributed by atoms with E-state index in [1.807, 2.05) is 0 Å². The fourth-order valence-corrected chi connectivity index (χ4v) is 3.38. The molecule has 126 valence electrons. The predicted molar refractivity (Wildman–Crippen MR) is 92.0 cm³/mol. The Balaban J connectivity index is 1.61. The van der Waals surface area contributed by atoms with Gasteiger partial charge in [0.2, 0.25) is 0 Å². The Labute approximate surface area is 143 Å². The standard InChI is InChI=1S/C19H16FN3O2/c20-14-7-5-12(6-8-14)13-9-10-23(11-13)19(25)17-15-3-1-2-4-16(15)18(24)22-21-17/h1-8,13H,9-11H2,(H,22,24). The molecule has 1 amide bonds. The highest BCUT2D eigenvalue weighted by atomic mass is 19.1. The first-order chi connectivity index (χ1) is 12.1. The summed E-state index contributed by atoms with van der Waals surface area (Å²) in [6.07, 6.45) is 0.818. The van der Waals surface area contributed by atoms with Gasteiger partial charge in [-0.2, -0.15) is 5.10 Å². The zero-order valence-corrected chi connectivity index (χ0v) is 13.4. The molecule has 0 saturated carbocycles. The number of H-pyrrole nitrogens is 1.